The largest absolute Gasteiger partial charge is 0.298 e. The fourth-order valence-electron chi connectivity index (χ4n) is 2.35. The maximum absolute atomic E-state index is 9.08. The molecule has 15 heavy (non-hydrogen) atoms. The van der Waals surface area contributed by atoms with Crippen LogP contribution in [0, 0.1) is 28.6 Å². The van der Waals surface area contributed by atoms with Gasteiger partial charge < -0.3 is 0 Å². The van der Waals surface area contributed by atoms with Gasteiger partial charge in [-0.3, -0.25) is 4.90 Å². The van der Waals surface area contributed by atoms with E-state index >= 15 is 0 Å². The molecule has 0 aromatic rings. The summed E-state index contributed by atoms with van der Waals surface area (Å²) in [6.45, 7) is 2.06. The first-order valence-electron chi connectivity index (χ1n) is 5.69. The summed E-state index contributed by atoms with van der Waals surface area (Å²) in [6, 6.07) is 5.22. The van der Waals surface area contributed by atoms with Crippen molar-refractivity contribution in [2.24, 2.45) is 5.92 Å². The van der Waals surface area contributed by atoms with Crippen molar-refractivity contribution in [2.45, 2.75) is 51.1 Å². The van der Waals surface area contributed by atoms with E-state index < -0.39 is 0 Å². The Kier molecular flexibility index (Phi) is 4.59. The van der Waals surface area contributed by atoms with Crippen LogP contribution in [-0.2, 0) is 0 Å². The van der Waals surface area contributed by atoms with Gasteiger partial charge >= 0.3 is 0 Å². The highest BCUT2D eigenvalue weighted by Gasteiger charge is 2.30. The average Bonchev–Trinajstić information content (AvgIpc) is 2.28. The molecule has 3 atom stereocenters. The second kappa shape index (κ2) is 5.73. The summed E-state index contributed by atoms with van der Waals surface area (Å²) in [4.78, 5) is 2.22. The summed E-state index contributed by atoms with van der Waals surface area (Å²) in [6.07, 6.45) is 5.06. The molecule has 3 unspecified atom stereocenters. The molecule has 1 aliphatic rings. The lowest BCUT2D eigenvalue weighted by atomic mass is 9.84. The Morgan fingerprint density at radius 3 is 2.60 bits per heavy atom. The fraction of sp³-hybridized carbons (Fsp3) is 0.833. The molecule has 1 rings (SSSR count). The third-order valence-corrected chi connectivity index (χ3v) is 3.50. The smallest absolute Gasteiger partial charge is 0.0672 e. The van der Waals surface area contributed by atoms with Gasteiger partial charge in [0.15, 0.2) is 0 Å². The van der Waals surface area contributed by atoms with Crippen molar-refractivity contribution in [1.29, 1.82) is 10.5 Å². The van der Waals surface area contributed by atoms with Crippen LogP contribution in [0.1, 0.15) is 39.0 Å². The third kappa shape index (κ3) is 2.94. The Balaban J connectivity index is 2.60. The molecule has 0 aliphatic heterocycles. The van der Waals surface area contributed by atoms with Crippen LogP contribution >= 0.6 is 0 Å². The van der Waals surface area contributed by atoms with Crippen LogP contribution in [0.25, 0.3) is 0 Å². The molecule has 3 nitrogen and oxygen atoms in total. The van der Waals surface area contributed by atoms with Crippen LogP contribution in [0.4, 0.5) is 0 Å². The molecule has 0 aromatic carbocycles. The Bertz CT molecular complexity index is 274. The van der Waals surface area contributed by atoms with E-state index in [1.807, 2.05) is 7.05 Å². The van der Waals surface area contributed by atoms with Crippen molar-refractivity contribution in [3.05, 3.63) is 0 Å². The molecule has 1 aliphatic carbocycles. The summed E-state index contributed by atoms with van der Waals surface area (Å²) in [5.74, 6) is 0.157. The highest BCUT2D eigenvalue weighted by molar-refractivity contribution is 4.96. The van der Waals surface area contributed by atoms with Gasteiger partial charge in [0.1, 0.15) is 0 Å². The fourth-order valence-corrected chi connectivity index (χ4v) is 2.35. The minimum Gasteiger partial charge on any atom is -0.298 e. The molecular formula is C12H19N3. The molecule has 82 valence electrons. The molecule has 0 heterocycles. The van der Waals surface area contributed by atoms with Gasteiger partial charge in [-0.05, 0) is 26.8 Å². The minimum absolute atomic E-state index is 0.157. The lowest BCUT2D eigenvalue weighted by Crippen LogP contribution is -2.44. The van der Waals surface area contributed by atoms with Gasteiger partial charge in [0, 0.05) is 12.1 Å². The standard InChI is InChI=1S/C12H19N3/c1-10(7-8-13)15(2)12-6-4-3-5-11(12)9-14/h10-12H,3-7H2,1-2H3. The van der Waals surface area contributed by atoms with Crippen molar-refractivity contribution in [1.82, 2.24) is 4.90 Å². The van der Waals surface area contributed by atoms with E-state index in [-0.39, 0.29) is 12.0 Å². The predicted molar refractivity (Wildman–Crippen MR) is 58.8 cm³/mol. The Labute approximate surface area is 92.3 Å². The summed E-state index contributed by atoms with van der Waals surface area (Å²) in [5, 5.41) is 17.7. The van der Waals surface area contributed by atoms with Gasteiger partial charge in [0.25, 0.3) is 0 Å². The summed E-state index contributed by atoms with van der Waals surface area (Å²) in [7, 11) is 2.04. The Hall–Kier alpha value is -1.06. The van der Waals surface area contributed by atoms with Crippen molar-refractivity contribution in [3.8, 4) is 12.1 Å². The zero-order chi connectivity index (χ0) is 11.3. The van der Waals surface area contributed by atoms with Crippen LogP contribution < -0.4 is 0 Å². The molecule has 1 fully saturated rings. The Morgan fingerprint density at radius 1 is 1.33 bits per heavy atom. The number of hydrogen-bond acceptors (Lipinski definition) is 3. The maximum atomic E-state index is 9.08. The zero-order valence-electron chi connectivity index (χ0n) is 9.61. The van der Waals surface area contributed by atoms with Crippen LogP contribution in [0.2, 0.25) is 0 Å². The van der Waals surface area contributed by atoms with Crippen molar-refractivity contribution in [2.75, 3.05) is 7.05 Å². The Morgan fingerprint density at radius 2 is 2.00 bits per heavy atom. The van der Waals surface area contributed by atoms with Gasteiger partial charge in [-0.15, -0.1) is 0 Å². The number of nitrogens with zero attached hydrogens (tertiary/aromatic N) is 3. The SMILES string of the molecule is CC(CC#N)N(C)C1CCCCC1C#N. The monoisotopic (exact) mass is 205 g/mol. The van der Waals surface area contributed by atoms with Gasteiger partial charge in [0.2, 0.25) is 0 Å². The lowest BCUT2D eigenvalue weighted by Gasteiger charge is -2.37. The average molecular weight is 205 g/mol. The summed E-state index contributed by atoms with van der Waals surface area (Å²) >= 11 is 0. The maximum Gasteiger partial charge on any atom is 0.0672 e. The van der Waals surface area contributed by atoms with Crippen LogP contribution in [-0.4, -0.2) is 24.0 Å². The van der Waals surface area contributed by atoms with E-state index in [9.17, 15) is 0 Å². The van der Waals surface area contributed by atoms with E-state index in [4.69, 9.17) is 10.5 Å². The predicted octanol–water partition coefficient (Wildman–Crippen LogP) is 2.30. The van der Waals surface area contributed by atoms with Gasteiger partial charge in [0.05, 0.1) is 24.5 Å². The van der Waals surface area contributed by atoms with E-state index in [1.54, 1.807) is 0 Å². The van der Waals surface area contributed by atoms with Crippen molar-refractivity contribution < 1.29 is 0 Å². The van der Waals surface area contributed by atoms with E-state index in [0.29, 0.717) is 12.5 Å². The molecular weight excluding hydrogens is 186 g/mol. The highest BCUT2D eigenvalue weighted by Crippen LogP contribution is 2.28. The molecule has 1 saturated carbocycles. The van der Waals surface area contributed by atoms with Gasteiger partial charge in [-0.2, -0.15) is 10.5 Å². The number of nitriles is 2. The first-order valence-corrected chi connectivity index (χ1v) is 5.69. The molecule has 0 amide bonds. The second-order valence-electron chi connectivity index (χ2n) is 4.46. The van der Waals surface area contributed by atoms with Gasteiger partial charge in [-0.1, -0.05) is 12.8 Å². The quantitative estimate of drug-likeness (QED) is 0.710. The minimum atomic E-state index is 0.157. The molecule has 0 saturated heterocycles. The van der Waals surface area contributed by atoms with Gasteiger partial charge in [-0.25, -0.2) is 0 Å². The second-order valence-corrected chi connectivity index (χ2v) is 4.46. The normalized spacial score (nSPS) is 28.1. The van der Waals surface area contributed by atoms with E-state index in [0.717, 1.165) is 12.8 Å². The van der Waals surface area contributed by atoms with Crippen LogP contribution in [0.5, 0.6) is 0 Å². The zero-order valence-corrected chi connectivity index (χ0v) is 9.61. The topological polar surface area (TPSA) is 50.8 Å². The van der Waals surface area contributed by atoms with Crippen LogP contribution in [0.15, 0.2) is 0 Å². The third-order valence-electron chi connectivity index (χ3n) is 3.50. The van der Waals surface area contributed by atoms with Crippen molar-refractivity contribution in [3.63, 3.8) is 0 Å². The molecule has 0 spiro atoms. The van der Waals surface area contributed by atoms with Crippen LogP contribution in [0.3, 0.4) is 0 Å². The summed E-state index contributed by atoms with van der Waals surface area (Å²) in [5.41, 5.74) is 0. The van der Waals surface area contributed by atoms with E-state index in [1.165, 1.54) is 12.8 Å². The first kappa shape index (κ1) is 12.0. The molecule has 0 N–H and O–H groups in total. The van der Waals surface area contributed by atoms with Crippen molar-refractivity contribution >= 4 is 0 Å². The first-order chi connectivity index (χ1) is 7.20. The highest BCUT2D eigenvalue weighted by atomic mass is 15.2. The molecule has 0 aromatic heterocycles. The molecule has 0 radical (unpaired) electrons. The molecule has 0 bridgehead atoms. The number of rotatable bonds is 3. The lowest BCUT2D eigenvalue weighted by molar-refractivity contribution is 0.120. The molecule has 3 heteroatoms. The van der Waals surface area contributed by atoms with E-state index in [2.05, 4.69) is 24.0 Å². The number of hydrogen-bond donors (Lipinski definition) is 0. The summed E-state index contributed by atoms with van der Waals surface area (Å²) < 4.78 is 0.